The summed E-state index contributed by atoms with van der Waals surface area (Å²) in [5.41, 5.74) is 3.89. The third kappa shape index (κ3) is 8.99. The fraction of sp³-hybridized carbons (Fsp3) is 0.562. The third-order valence-corrected chi connectivity index (χ3v) is 16.3. The van der Waals surface area contributed by atoms with Gasteiger partial charge in [-0.1, -0.05) is 73.5 Å². The summed E-state index contributed by atoms with van der Waals surface area (Å²) in [4.78, 5) is 21.7. The van der Waals surface area contributed by atoms with Gasteiger partial charge >= 0.3 is 0 Å². The number of hydrogen-bond donors (Lipinski definition) is 1. The van der Waals surface area contributed by atoms with Crippen molar-refractivity contribution in [2.75, 3.05) is 64.4 Å². The number of sulfonamides is 1. The van der Waals surface area contributed by atoms with Gasteiger partial charge in [-0.25, -0.2) is 13.1 Å². The molecule has 318 valence electrons. The van der Waals surface area contributed by atoms with E-state index < -0.39 is 26.8 Å². The Morgan fingerprint density at radius 2 is 1.90 bits per heavy atom. The number of hydrogen-bond acceptors (Lipinski definition) is 8. The van der Waals surface area contributed by atoms with Gasteiger partial charge in [0.2, 0.25) is 10.0 Å². The average Bonchev–Trinajstić information content (AvgIpc) is 3.38. The molecule has 1 saturated carbocycles. The molecule has 8 rings (SSSR count). The molecular weight excluding hydrogens is 780 g/mol. The minimum absolute atomic E-state index is 0.283. The fourth-order valence-electron chi connectivity index (χ4n) is 10.9. The van der Waals surface area contributed by atoms with Crippen LogP contribution in [-0.2, 0) is 33.0 Å². The predicted octanol–water partition coefficient (Wildman–Crippen LogP) is 8.05. The zero-order valence-corrected chi connectivity index (χ0v) is 36.8. The zero-order chi connectivity index (χ0) is 41.2. The molecule has 1 amide bonds. The normalized spacial score (nSPS) is 26.4. The highest BCUT2D eigenvalue weighted by atomic mass is 35.5. The van der Waals surface area contributed by atoms with Crippen LogP contribution < -0.4 is 14.4 Å². The highest BCUT2D eigenvalue weighted by Crippen LogP contribution is 2.49. The molecule has 2 aliphatic carbocycles. The van der Waals surface area contributed by atoms with Gasteiger partial charge in [-0.3, -0.25) is 14.6 Å². The maximum absolute atomic E-state index is 13.9. The summed E-state index contributed by atoms with van der Waals surface area (Å²) in [6.07, 6.45) is 15.0. The van der Waals surface area contributed by atoms with Crippen LogP contribution in [0.4, 0.5) is 5.69 Å². The van der Waals surface area contributed by atoms with Crippen molar-refractivity contribution in [3.05, 3.63) is 106 Å². The van der Waals surface area contributed by atoms with Crippen LogP contribution in [0.25, 0.3) is 0 Å². The molecule has 1 spiro atoms. The molecule has 5 aliphatic rings. The number of anilines is 1. The Bertz CT molecular complexity index is 2100. The molecule has 11 heteroatoms. The minimum atomic E-state index is -3.96. The van der Waals surface area contributed by atoms with Gasteiger partial charge in [0.25, 0.3) is 5.91 Å². The number of rotatable bonds is 13. The van der Waals surface area contributed by atoms with Gasteiger partial charge in [0.1, 0.15) is 11.4 Å². The van der Waals surface area contributed by atoms with Crippen molar-refractivity contribution in [1.82, 2.24) is 14.5 Å². The molecular formula is C48H63ClN4O5S. The summed E-state index contributed by atoms with van der Waals surface area (Å²) in [6.45, 7) is 11.2. The number of nitrogens with zero attached hydrogens (tertiary/aromatic N) is 3. The Labute approximate surface area is 357 Å². The number of piperazine rings is 1. The Hall–Kier alpha value is -3.41. The molecule has 0 unspecified atom stereocenters. The van der Waals surface area contributed by atoms with E-state index in [1.165, 1.54) is 36.9 Å². The van der Waals surface area contributed by atoms with Crippen molar-refractivity contribution in [2.45, 2.75) is 100 Å². The van der Waals surface area contributed by atoms with Crippen LogP contribution in [0.1, 0.15) is 92.3 Å². The smallest absolute Gasteiger partial charge is 0.264 e. The molecule has 9 nitrogen and oxygen atoms in total. The largest absolute Gasteiger partial charge is 0.490 e. The maximum Gasteiger partial charge on any atom is 0.264 e. The lowest BCUT2D eigenvalue weighted by molar-refractivity contribution is -0.100. The van der Waals surface area contributed by atoms with Crippen LogP contribution in [0, 0.1) is 11.8 Å². The van der Waals surface area contributed by atoms with Crippen LogP contribution in [0.15, 0.2) is 78.9 Å². The van der Waals surface area contributed by atoms with Crippen molar-refractivity contribution in [3.63, 3.8) is 0 Å². The quantitative estimate of drug-likeness (QED) is 0.173. The number of halogens is 1. The molecule has 3 fully saturated rings. The van der Waals surface area contributed by atoms with Crippen molar-refractivity contribution in [1.29, 1.82) is 0 Å². The van der Waals surface area contributed by atoms with Gasteiger partial charge in [0.05, 0.1) is 17.5 Å². The van der Waals surface area contributed by atoms with E-state index in [-0.39, 0.29) is 5.41 Å². The fourth-order valence-corrected chi connectivity index (χ4v) is 12.1. The zero-order valence-electron chi connectivity index (χ0n) is 35.2. The molecule has 3 aliphatic heterocycles. The third-order valence-electron chi connectivity index (χ3n) is 14.3. The molecule has 2 saturated heterocycles. The van der Waals surface area contributed by atoms with E-state index >= 15 is 0 Å². The molecule has 0 radical (unpaired) electrons. The number of methoxy groups -OCH3 is 1. The first-order chi connectivity index (χ1) is 28.5. The number of allylic oxidation sites excluding steroid dienone is 1. The Morgan fingerprint density at radius 3 is 2.68 bits per heavy atom. The lowest BCUT2D eigenvalue weighted by Gasteiger charge is -2.53. The van der Waals surface area contributed by atoms with E-state index in [2.05, 4.69) is 50.6 Å². The lowest BCUT2D eigenvalue weighted by atomic mass is 9.63. The number of carbonyl (C=O) groups is 1. The van der Waals surface area contributed by atoms with E-state index in [0.29, 0.717) is 48.8 Å². The first kappa shape index (κ1) is 42.3. The molecule has 3 aromatic carbocycles. The number of carbonyl (C=O) groups excluding carboxylic acids is 1. The summed E-state index contributed by atoms with van der Waals surface area (Å²) < 4.78 is 42.9. The van der Waals surface area contributed by atoms with Crippen LogP contribution in [-0.4, -0.2) is 101 Å². The first-order valence-electron chi connectivity index (χ1n) is 22.1. The van der Waals surface area contributed by atoms with E-state index in [9.17, 15) is 13.2 Å². The summed E-state index contributed by atoms with van der Waals surface area (Å²) in [6, 6.07) is 21.8. The Kier molecular flexibility index (Phi) is 12.8. The molecule has 1 N–H and O–H groups in total. The van der Waals surface area contributed by atoms with Gasteiger partial charge in [-0.05, 0) is 130 Å². The van der Waals surface area contributed by atoms with Crippen LogP contribution >= 0.6 is 11.6 Å². The van der Waals surface area contributed by atoms with E-state index in [1.807, 2.05) is 55.6 Å². The van der Waals surface area contributed by atoms with E-state index in [0.717, 1.165) is 87.5 Å². The number of fused-ring (bicyclic) bond motifs is 4. The maximum atomic E-state index is 13.9. The highest BCUT2D eigenvalue weighted by Gasteiger charge is 2.50. The summed E-state index contributed by atoms with van der Waals surface area (Å²) in [5.74, 6) is 0.723. The van der Waals surface area contributed by atoms with Crippen molar-refractivity contribution in [3.8, 4) is 5.75 Å². The average molecular weight is 844 g/mol. The molecule has 59 heavy (non-hydrogen) atoms. The first-order valence-corrected chi connectivity index (χ1v) is 24.0. The van der Waals surface area contributed by atoms with Crippen LogP contribution in [0.2, 0.25) is 5.02 Å². The number of amides is 1. The summed E-state index contributed by atoms with van der Waals surface area (Å²) in [5, 5.41) is -0.0448. The van der Waals surface area contributed by atoms with Crippen LogP contribution in [0.3, 0.4) is 0 Å². The Balaban J connectivity index is 1.09. The number of piperidine rings is 1. The van der Waals surface area contributed by atoms with Crippen molar-refractivity contribution in [2.24, 2.45) is 11.8 Å². The Morgan fingerprint density at radius 1 is 1.05 bits per heavy atom. The molecule has 0 bridgehead atoms. The summed E-state index contributed by atoms with van der Waals surface area (Å²) in [7, 11) is -2.05. The number of aryl methyl sites for hydroxylation is 1. The molecule has 3 aromatic rings. The number of nitrogens with one attached hydrogen (secondary N) is 1. The van der Waals surface area contributed by atoms with E-state index in [4.69, 9.17) is 21.1 Å². The molecule has 0 aromatic heterocycles. The second-order valence-corrected chi connectivity index (χ2v) is 20.6. The van der Waals surface area contributed by atoms with Crippen LogP contribution in [0.5, 0.6) is 5.75 Å². The second kappa shape index (κ2) is 17.9. The topological polar surface area (TPSA) is 91.4 Å². The lowest BCUT2D eigenvalue weighted by Crippen LogP contribution is -2.61. The highest BCUT2D eigenvalue weighted by molar-refractivity contribution is 7.90. The van der Waals surface area contributed by atoms with Gasteiger partial charge in [0, 0.05) is 68.4 Å². The van der Waals surface area contributed by atoms with E-state index in [1.54, 1.807) is 13.0 Å². The standard InChI is InChI=1S/C48H63ClN4O5S/c1-4-5-23-48(57-3,33-51-25-26-52-24-10-9-15-41(52)31-51)43-19-16-39(43)30-53-32-47(22-11-14-37-28-40(49)18-20-42(37)47)34-58-45-21-17-38(29-44(45)53)46(54)50-59(55,56)35(2)27-36-12-7-6-8-13-36/h5-8,12-13,17-18,20-21,23,28-29,35,39,41,43H,4,9-11,14-16,19,22,24-27,30-34H2,1-3H3,(H,50,54)/b23-5+/t35-,39-,41+,43+,47-,48+/m0/s1. The van der Waals surface area contributed by atoms with Gasteiger partial charge < -0.3 is 14.4 Å². The van der Waals surface area contributed by atoms with Gasteiger partial charge in [-0.15, -0.1) is 0 Å². The SMILES string of the molecule is CC/C=C/[C@](CN1CCN2CCCC[C@@H]2C1)(OC)[C@@H]1CC[C@H]1CN1C[C@@]2(CCCc3cc(Cl)ccc32)COc2ccc(C(=O)NS(=O)(=O)[C@@H](C)Cc3ccccc3)cc21. The summed E-state index contributed by atoms with van der Waals surface area (Å²) >= 11 is 6.55. The monoisotopic (exact) mass is 842 g/mol. The molecule has 6 atom stereocenters. The second-order valence-electron chi connectivity index (χ2n) is 18.1. The minimum Gasteiger partial charge on any atom is -0.490 e. The van der Waals surface area contributed by atoms with Crippen molar-refractivity contribution < 1.29 is 22.7 Å². The predicted molar refractivity (Wildman–Crippen MR) is 237 cm³/mol. The number of ether oxygens (including phenoxy) is 2. The van der Waals surface area contributed by atoms with Gasteiger partial charge in [-0.2, -0.15) is 0 Å². The number of benzene rings is 3. The van der Waals surface area contributed by atoms with Gasteiger partial charge in [0.15, 0.2) is 0 Å². The van der Waals surface area contributed by atoms with Crippen molar-refractivity contribution >= 4 is 33.2 Å². The molecule has 3 heterocycles.